The number of hydrogen-bond acceptors (Lipinski definition) is 7. The number of fused-ring (bicyclic) bond motifs is 1. The van der Waals surface area contributed by atoms with Crippen LogP contribution >= 0.6 is 11.6 Å². The normalized spacial score (nSPS) is 18.4. The summed E-state index contributed by atoms with van der Waals surface area (Å²) in [4.78, 5) is 12.2. The van der Waals surface area contributed by atoms with E-state index >= 15 is 0 Å². The average Bonchev–Trinajstić information content (AvgIpc) is 3.15. The zero-order valence-electron chi connectivity index (χ0n) is 15.7. The zero-order valence-corrected chi connectivity index (χ0v) is 16.4. The minimum Gasteiger partial charge on any atom is -0.434 e. The van der Waals surface area contributed by atoms with Gasteiger partial charge in [0, 0.05) is 12.6 Å². The molecule has 1 aromatic carbocycles. The Hall–Kier alpha value is -2.38. The molecule has 0 radical (unpaired) electrons. The molecule has 1 atom stereocenters. The molecular formula is C20H22ClN3O4. The van der Waals surface area contributed by atoms with Gasteiger partial charge in [-0.1, -0.05) is 23.7 Å². The number of nitrogens with zero attached hydrogens (tertiary/aromatic N) is 2. The van der Waals surface area contributed by atoms with E-state index in [-0.39, 0.29) is 22.9 Å². The van der Waals surface area contributed by atoms with Crippen molar-refractivity contribution in [3.05, 3.63) is 40.0 Å². The van der Waals surface area contributed by atoms with Gasteiger partial charge in [0.05, 0.1) is 0 Å². The maximum Gasteiger partial charge on any atom is 0.514 e. The first kappa shape index (κ1) is 19.0. The van der Waals surface area contributed by atoms with Gasteiger partial charge in [-0.2, -0.15) is 0 Å². The third-order valence-electron chi connectivity index (χ3n) is 5.03. The summed E-state index contributed by atoms with van der Waals surface area (Å²) < 4.78 is 16.8. The van der Waals surface area contributed by atoms with Crippen molar-refractivity contribution < 1.29 is 19.0 Å². The van der Waals surface area contributed by atoms with Crippen molar-refractivity contribution in [1.29, 1.82) is 0 Å². The Labute approximate surface area is 168 Å². The summed E-state index contributed by atoms with van der Waals surface area (Å²) in [6, 6.07) is 5.56. The van der Waals surface area contributed by atoms with Crippen molar-refractivity contribution in [2.45, 2.75) is 45.1 Å². The fourth-order valence-electron chi connectivity index (χ4n) is 3.64. The molecule has 8 heteroatoms. The Kier molecular flexibility index (Phi) is 5.64. The number of nitrogens with one attached hydrogen (secondary N) is 1. The summed E-state index contributed by atoms with van der Waals surface area (Å²) in [5.41, 5.74) is 3.42. The lowest BCUT2D eigenvalue weighted by molar-refractivity contribution is 0.0467. The minimum atomic E-state index is -0.808. The minimum absolute atomic E-state index is 0.0868. The lowest BCUT2D eigenvalue weighted by Crippen LogP contribution is -2.37. The van der Waals surface area contributed by atoms with Gasteiger partial charge in [0.1, 0.15) is 11.9 Å². The highest BCUT2D eigenvalue weighted by Gasteiger charge is 2.23. The Morgan fingerprint density at radius 3 is 2.96 bits per heavy atom. The van der Waals surface area contributed by atoms with E-state index in [0.29, 0.717) is 6.54 Å². The Morgan fingerprint density at radius 1 is 1.25 bits per heavy atom. The summed E-state index contributed by atoms with van der Waals surface area (Å²) in [5, 5.41) is 11.1. The Balaban J connectivity index is 1.54. The second-order valence-corrected chi connectivity index (χ2v) is 7.47. The molecule has 1 saturated heterocycles. The molecule has 28 heavy (non-hydrogen) atoms. The second kappa shape index (κ2) is 8.32. The number of hydrogen-bond donors (Lipinski definition) is 1. The standard InChI is InChI=1S/C20H22ClN3O4/c1-12-7-8-13-4-2-6-15(13)18(12)28-19-16(10-17(21)23-24-19)27-20(25)26-14-5-3-9-22-11-14/h7-8,10,14,22H,2-6,9,11H2,1H3. The number of aryl methyl sites for hydroxylation is 2. The van der Waals surface area contributed by atoms with Gasteiger partial charge in [-0.3, -0.25) is 0 Å². The summed E-state index contributed by atoms with van der Waals surface area (Å²) in [7, 11) is 0. The predicted octanol–water partition coefficient (Wildman–Crippen LogP) is 3.99. The van der Waals surface area contributed by atoms with Crippen molar-refractivity contribution in [2.75, 3.05) is 13.1 Å². The molecule has 148 valence electrons. The van der Waals surface area contributed by atoms with Gasteiger partial charge in [-0.15, -0.1) is 10.2 Å². The summed E-state index contributed by atoms with van der Waals surface area (Å²) in [6.07, 6.45) is 3.80. The van der Waals surface area contributed by atoms with Crippen molar-refractivity contribution >= 4 is 17.8 Å². The van der Waals surface area contributed by atoms with Crippen LogP contribution in [0.4, 0.5) is 4.79 Å². The topological polar surface area (TPSA) is 82.6 Å². The monoisotopic (exact) mass is 403 g/mol. The number of ether oxygens (including phenoxy) is 3. The van der Waals surface area contributed by atoms with Gasteiger partial charge in [0.15, 0.2) is 5.15 Å². The fourth-order valence-corrected chi connectivity index (χ4v) is 3.78. The number of benzene rings is 1. The summed E-state index contributed by atoms with van der Waals surface area (Å²) in [5.74, 6) is 0.914. The maximum atomic E-state index is 12.2. The van der Waals surface area contributed by atoms with Crippen LogP contribution in [0.15, 0.2) is 18.2 Å². The Bertz CT molecular complexity index is 884. The van der Waals surface area contributed by atoms with Crippen molar-refractivity contribution in [2.24, 2.45) is 0 Å². The highest BCUT2D eigenvalue weighted by Crippen LogP contribution is 2.38. The van der Waals surface area contributed by atoms with E-state index in [1.165, 1.54) is 17.2 Å². The van der Waals surface area contributed by atoms with E-state index in [1.807, 2.05) is 13.0 Å². The van der Waals surface area contributed by atoms with Crippen LogP contribution < -0.4 is 14.8 Å². The van der Waals surface area contributed by atoms with Crippen LogP contribution in [0, 0.1) is 6.92 Å². The first-order valence-electron chi connectivity index (χ1n) is 9.52. The van der Waals surface area contributed by atoms with Crippen LogP contribution in [-0.2, 0) is 17.6 Å². The van der Waals surface area contributed by atoms with Gasteiger partial charge < -0.3 is 19.5 Å². The van der Waals surface area contributed by atoms with Crippen molar-refractivity contribution in [3.8, 4) is 17.4 Å². The largest absolute Gasteiger partial charge is 0.514 e. The highest BCUT2D eigenvalue weighted by atomic mass is 35.5. The molecule has 2 heterocycles. The molecule has 0 spiro atoms. The van der Waals surface area contributed by atoms with Crippen LogP contribution in [0.25, 0.3) is 0 Å². The molecule has 1 unspecified atom stereocenters. The smallest absolute Gasteiger partial charge is 0.434 e. The molecule has 4 rings (SSSR count). The van der Waals surface area contributed by atoms with E-state index < -0.39 is 6.16 Å². The lowest BCUT2D eigenvalue weighted by Gasteiger charge is -2.22. The van der Waals surface area contributed by atoms with Gasteiger partial charge in [-0.25, -0.2) is 4.79 Å². The van der Waals surface area contributed by atoms with Crippen LogP contribution in [0.5, 0.6) is 17.4 Å². The van der Waals surface area contributed by atoms with Gasteiger partial charge in [0.25, 0.3) is 5.88 Å². The molecule has 1 aromatic heterocycles. The first-order chi connectivity index (χ1) is 13.6. The molecule has 1 N–H and O–H groups in total. The van der Waals surface area contributed by atoms with Gasteiger partial charge >= 0.3 is 6.16 Å². The van der Waals surface area contributed by atoms with Crippen molar-refractivity contribution in [3.63, 3.8) is 0 Å². The van der Waals surface area contributed by atoms with E-state index in [0.717, 1.165) is 50.0 Å². The van der Waals surface area contributed by atoms with E-state index in [2.05, 4.69) is 21.6 Å². The number of rotatable bonds is 4. The van der Waals surface area contributed by atoms with E-state index in [9.17, 15) is 4.79 Å². The van der Waals surface area contributed by atoms with Crippen LogP contribution in [0.2, 0.25) is 5.15 Å². The molecular weight excluding hydrogens is 382 g/mol. The highest BCUT2D eigenvalue weighted by molar-refractivity contribution is 6.29. The number of halogens is 1. The second-order valence-electron chi connectivity index (χ2n) is 7.08. The van der Waals surface area contributed by atoms with Crippen LogP contribution in [-0.4, -0.2) is 35.5 Å². The molecule has 2 aromatic rings. The van der Waals surface area contributed by atoms with E-state index in [4.69, 9.17) is 25.8 Å². The zero-order chi connectivity index (χ0) is 19.5. The first-order valence-corrected chi connectivity index (χ1v) is 9.89. The van der Waals surface area contributed by atoms with Crippen LogP contribution in [0.3, 0.4) is 0 Å². The molecule has 7 nitrogen and oxygen atoms in total. The molecule has 2 aliphatic rings. The maximum absolute atomic E-state index is 12.2. The third kappa shape index (κ3) is 4.20. The third-order valence-corrected chi connectivity index (χ3v) is 5.22. The van der Waals surface area contributed by atoms with Crippen LogP contribution in [0.1, 0.15) is 36.0 Å². The van der Waals surface area contributed by atoms with Gasteiger partial charge in [-0.05, 0) is 62.3 Å². The molecule has 1 aliphatic carbocycles. The lowest BCUT2D eigenvalue weighted by atomic mass is 10.1. The summed E-state index contributed by atoms with van der Waals surface area (Å²) in [6.45, 7) is 3.52. The molecule has 0 saturated carbocycles. The van der Waals surface area contributed by atoms with E-state index in [1.54, 1.807) is 0 Å². The van der Waals surface area contributed by atoms with Crippen molar-refractivity contribution in [1.82, 2.24) is 15.5 Å². The number of piperidine rings is 1. The number of carbonyl (C=O) groups excluding carboxylic acids is 1. The molecule has 1 fully saturated rings. The quantitative estimate of drug-likeness (QED) is 0.773. The Morgan fingerprint density at radius 2 is 2.14 bits per heavy atom. The molecule has 1 aliphatic heterocycles. The molecule has 0 amide bonds. The predicted molar refractivity (Wildman–Crippen MR) is 103 cm³/mol. The average molecular weight is 404 g/mol. The SMILES string of the molecule is Cc1ccc2c(c1Oc1nnc(Cl)cc1OC(=O)OC1CCCNC1)CCC2. The number of carbonyl (C=O) groups is 1. The summed E-state index contributed by atoms with van der Waals surface area (Å²) >= 11 is 5.95. The fraction of sp³-hybridized carbons (Fsp3) is 0.450. The molecule has 0 bridgehead atoms. The number of aromatic nitrogens is 2. The van der Waals surface area contributed by atoms with Gasteiger partial charge in [0.2, 0.25) is 5.75 Å².